The highest BCUT2D eigenvalue weighted by atomic mass is 32.2. The molecule has 2 aromatic rings. The molecule has 13 nitrogen and oxygen atoms in total. The quantitative estimate of drug-likeness (QED) is 0.302. The van der Waals surface area contributed by atoms with Gasteiger partial charge in [-0.3, -0.25) is 29.0 Å². The topological polar surface area (TPSA) is 166 Å². The van der Waals surface area contributed by atoms with Crippen molar-refractivity contribution in [3.63, 3.8) is 0 Å². The zero-order valence-electron chi connectivity index (χ0n) is 26.5. The third-order valence-corrected chi connectivity index (χ3v) is 13.2. The molecular weight excluding hydrogens is 624 g/mol. The van der Waals surface area contributed by atoms with E-state index < -0.39 is 70.2 Å². The minimum absolute atomic E-state index is 0.0967. The van der Waals surface area contributed by atoms with Crippen molar-refractivity contribution in [2.45, 2.75) is 59.8 Å². The van der Waals surface area contributed by atoms with E-state index in [-0.39, 0.29) is 17.5 Å². The van der Waals surface area contributed by atoms with Crippen LogP contribution >= 0.6 is 11.8 Å². The number of rotatable bonds is 4. The van der Waals surface area contributed by atoms with Crippen LogP contribution in [0.4, 0.5) is 11.4 Å². The molecular formula is C33H36N6O7S. The Morgan fingerprint density at radius 2 is 1.51 bits per heavy atom. The van der Waals surface area contributed by atoms with Crippen LogP contribution in [0.2, 0.25) is 0 Å². The summed E-state index contributed by atoms with van der Waals surface area (Å²) in [5, 5.41) is 42.4. The number of aliphatic hydroxyl groups excluding tert-OH is 2. The van der Waals surface area contributed by atoms with E-state index in [1.807, 2.05) is 38.1 Å². The van der Waals surface area contributed by atoms with Gasteiger partial charge in [-0.05, 0) is 41.5 Å². The Kier molecular flexibility index (Phi) is 5.97. The van der Waals surface area contributed by atoms with Crippen LogP contribution in [-0.2, 0) is 30.0 Å². The third kappa shape index (κ3) is 2.93. The molecule has 3 saturated heterocycles. The molecule has 8 atom stereocenters. The maximum Gasteiger partial charge on any atom is 0.279 e. The van der Waals surface area contributed by atoms with Crippen molar-refractivity contribution in [1.29, 1.82) is 0 Å². The molecule has 47 heavy (non-hydrogen) atoms. The van der Waals surface area contributed by atoms with Crippen molar-refractivity contribution in [2.75, 3.05) is 37.6 Å². The molecule has 0 saturated carbocycles. The lowest BCUT2D eigenvalue weighted by atomic mass is 9.54. The molecule has 4 amide bonds. The van der Waals surface area contributed by atoms with Gasteiger partial charge in [-0.15, -0.1) is 11.8 Å². The van der Waals surface area contributed by atoms with Crippen LogP contribution < -0.4 is 10.6 Å². The van der Waals surface area contributed by atoms with Crippen molar-refractivity contribution in [3.8, 4) is 0 Å². The van der Waals surface area contributed by atoms with Crippen molar-refractivity contribution in [2.24, 2.45) is 5.92 Å². The molecule has 0 radical (unpaired) electrons. The van der Waals surface area contributed by atoms with Gasteiger partial charge in [0.05, 0.1) is 17.4 Å². The van der Waals surface area contributed by atoms with Gasteiger partial charge in [0.15, 0.2) is 4.87 Å². The Morgan fingerprint density at radius 1 is 0.915 bits per heavy atom. The van der Waals surface area contributed by atoms with Crippen molar-refractivity contribution >= 4 is 46.8 Å². The number of anilines is 2. The molecule has 5 N–H and O–H groups in total. The lowest BCUT2D eigenvalue weighted by Gasteiger charge is -2.52. The number of amides is 4. The highest BCUT2D eigenvalue weighted by Gasteiger charge is 2.85. The lowest BCUT2D eigenvalue weighted by molar-refractivity contribution is -0.209. The average Bonchev–Trinajstić information content (AvgIpc) is 3.73. The number of piperazine rings is 2. The Hall–Kier alpha value is -4.11. The molecule has 6 aliphatic heterocycles. The van der Waals surface area contributed by atoms with Crippen molar-refractivity contribution < 1.29 is 34.5 Å². The first-order valence-corrected chi connectivity index (χ1v) is 16.8. The normalized spacial score (nSPS) is 38.1. The summed E-state index contributed by atoms with van der Waals surface area (Å²) in [5.74, 6) is -2.73. The van der Waals surface area contributed by atoms with Gasteiger partial charge >= 0.3 is 0 Å². The molecule has 8 rings (SSSR count). The number of benzene rings is 2. The van der Waals surface area contributed by atoms with Crippen molar-refractivity contribution in [1.82, 2.24) is 19.6 Å². The molecule has 246 valence electrons. The van der Waals surface area contributed by atoms with E-state index in [0.29, 0.717) is 22.5 Å². The number of hydrogen-bond acceptors (Lipinski definition) is 10. The summed E-state index contributed by atoms with van der Waals surface area (Å²) in [5.41, 5.74) is -3.62. The largest absolute Gasteiger partial charge is 0.394 e. The number of carbonyl (C=O) groups is 4. The van der Waals surface area contributed by atoms with Crippen LogP contribution in [0.15, 0.2) is 60.3 Å². The number of hydrogen-bond donors (Lipinski definition) is 5. The smallest absolute Gasteiger partial charge is 0.279 e. The minimum Gasteiger partial charge on any atom is -0.394 e. The van der Waals surface area contributed by atoms with Crippen LogP contribution in [0.25, 0.3) is 0 Å². The van der Waals surface area contributed by atoms with Gasteiger partial charge in [0.1, 0.15) is 30.2 Å². The zero-order chi connectivity index (χ0) is 33.6. The summed E-state index contributed by atoms with van der Waals surface area (Å²) < 4.78 is 0. The summed E-state index contributed by atoms with van der Waals surface area (Å²) in [6, 6.07) is 13.1. The van der Waals surface area contributed by atoms with E-state index in [1.54, 1.807) is 43.6 Å². The van der Waals surface area contributed by atoms with Gasteiger partial charge < -0.3 is 35.8 Å². The van der Waals surface area contributed by atoms with Gasteiger partial charge in [-0.25, -0.2) is 0 Å². The standard InChI is InChI=1S/C33H36N6O7S/c1-16(2)33(47-5)29(45)38-21(23(41)37(33)4)14-30(17-10-6-8-12-19(17)34-26(30)38)31-18-11-7-9-13-20(18)35-27(31)39-24(42)22(15-40)36(3)28(44)32(39,46)25(31)43/h6-14,16,22,25-27,34-35,40,43,46H,15H2,1-5H3/t22?,25-,26?,27?,30?,31?,32?,33-/m0/s1. The van der Waals surface area contributed by atoms with Crippen LogP contribution in [0.5, 0.6) is 0 Å². The summed E-state index contributed by atoms with van der Waals surface area (Å²) >= 11 is 1.28. The predicted octanol–water partition coefficient (Wildman–Crippen LogP) is 0.00360. The monoisotopic (exact) mass is 660 g/mol. The number of likely N-dealkylation sites (N-methyl/N-ethyl adjacent to an activating group) is 2. The summed E-state index contributed by atoms with van der Waals surface area (Å²) in [4.78, 5) is 61.3. The summed E-state index contributed by atoms with van der Waals surface area (Å²) in [6.45, 7) is 3.07. The van der Waals surface area contributed by atoms with Crippen LogP contribution in [-0.4, -0.2) is 121 Å². The van der Waals surface area contributed by atoms with Gasteiger partial charge in [-0.1, -0.05) is 50.2 Å². The molecule has 0 aromatic heterocycles. The predicted molar refractivity (Wildman–Crippen MR) is 171 cm³/mol. The number of thioether (sulfide) groups is 1. The van der Waals surface area contributed by atoms with Gasteiger partial charge in [0.2, 0.25) is 0 Å². The number of aliphatic hydroxyl groups is 3. The second-order valence-electron chi connectivity index (χ2n) is 13.5. The SMILES string of the molecule is CS[C@@]1(C(C)C)C(=O)N2C(=CC3(C45c6ccccc6NC4N4C(=O)C(CO)N(C)C(=O)C4(O)[C@H]5O)c4ccccc4NC23)C(=O)N1C. The first-order valence-electron chi connectivity index (χ1n) is 15.6. The van der Waals surface area contributed by atoms with Crippen LogP contribution in [0, 0.1) is 5.92 Å². The maximum absolute atomic E-state index is 14.9. The number of fused-ring (bicyclic) bond motifs is 11. The van der Waals surface area contributed by atoms with E-state index in [0.717, 1.165) is 9.80 Å². The summed E-state index contributed by atoms with van der Waals surface area (Å²) in [7, 11) is 2.91. The lowest BCUT2D eigenvalue weighted by Crippen LogP contribution is -2.73. The highest BCUT2D eigenvalue weighted by molar-refractivity contribution is 8.00. The third-order valence-electron chi connectivity index (χ3n) is 11.6. The minimum atomic E-state index is -2.76. The Bertz CT molecular complexity index is 1840. The fourth-order valence-corrected chi connectivity index (χ4v) is 10.7. The second-order valence-corrected chi connectivity index (χ2v) is 14.5. The second kappa shape index (κ2) is 9.28. The first kappa shape index (κ1) is 30.2. The number of nitrogens with one attached hydrogen (secondary N) is 2. The average molecular weight is 661 g/mol. The highest BCUT2D eigenvalue weighted by Crippen LogP contribution is 2.69. The van der Waals surface area contributed by atoms with Crippen LogP contribution in [0.3, 0.4) is 0 Å². The van der Waals surface area contributed by atoms with Gasteiger partial charge in [0.25, 0.3) is 29.4 Å². The number of nitrogens with zero attached hydrogens (tertiary/aromatic N) is 4. The Morgan fingerprint density at radius 3 is 2.13 bits per heavy atom. The summed E-state index contributed by atoms with van der Waals surface area (Å²) in [6.07, 6.45) is -0.728. The van der Waals surface area contributed by atoms with Crippen molar-refractivity contribution in [3.05, 3.63) is 71.4 Å². The number of carbonyl (C=O) groups excluding carboxylic acids is 4. The fourth-order valence-electron chi connectivity index (χ4n) is 9.63. The van der Waals surface area contributed by atoms with E-state index >= 15 is 0 Å². The van der Waals surface area contributed by atoms with E-state index in [4.69, 9.17) is 0 Å². The molecule has 2 aromatic carbocycles. The van der Waals surface area contributed by atoms with E-state index in [9.17, 15) is 34.5 Å². The first-order chi connectivity index (χ1) is 22.3. The van der Waals surface area contributed by atoms with E-state index in [2.05, 4.69) is 10.6 Å². The van der Waals surface area contributed by atoms with Crippen LogP contribution in [0.1, 0.15) is 25.0 Å². The van der Waals surface area contributed by atoms with E-state index in [1.165, 1.54) is 28.6 Å². The molecule has 0 bridgehead atoms. The molecule has 3 fully saturated rings. The van der Waals surface area contributed by atoms with Gasteiger partial charge in [-0.2, -0.15) is 0 Å². The molecule has 6 heterocycles. The molecule has 0 aliphatic carbocycles. The molecule has 6 unspecified atom stereocenters. The fraction of sp³-hybridized carbons (Fsp3) is 0.455. The Balaban J connectivity index is 1.48. The molecule has 6 aliphatic rings. The zero-order valence-corrected chi connectivity index (χ0v) is 27.3. The maximum atomic E-state index is 14.9. The Labute approximate surface area is 275 Å². The molecule has 14 heteroatoms. The van der Waals surface area contributed by atoms with Gasteiger partial charge in [0, 0.05) is 25.5 Å². The molecule has 0 spiro atoms. The number of para-hydroxylation sites is 2.